The van der Waals surface area contributed by atoms with Gasteiger partial charge in [0.1, 0.15) is 5.75 Å². The van der Waals surface area contributed by atoms with E-state index in [9.17, 15) is 4.79 Å². The van der Waals surface area contributed by atoms with Gasteiger partial charge in [0.25, 0.3) is 0 Å². The van der Waals surface area contributed by atoms with Gasteiger partial charge in [0, 0.05) is 16.7 Å². The first-order chi connectivity index (χ1) is 14.0. The number of nitrogens with zero attached hydrogens (tertiary/aromatic N) is 3. The van der Waals surface area contributed by atoms with E-state index in [4.69, 9.17) is 16.3 Å². The van der Waals surface area contributed by atoms with Gasteiger partial charge in [-0.25, -0.2) is 0 Å². The molecule has 152 valence electrons. The maximum absolute atomic E-state index is 12.2. The number of thioether (sulfide) groups is 1. The van der Waals surface area contributed by atoms with Crippen LogP contribution >= 0.6 is 39.3 Å². The summed E-state index contributed by atoms with van der Waals surface area (Å²) >= 11 is 10.9. The van der Waals surface area contributed by atoms with Crippen LogP contribution in [0.15, 0.2) is 58.2 Å². The average molecular weight is 496 g/mol. The van der Waals surface area contributed by atoms with Crippen molar-refractivity contribution in [3.63, 3.8) is 0 Å². The molecule has 1 heterocycles. The lowest BCUT2D eigenvalue weighted by Gasteiger charge is -2.16. The summed E-state index contributed by atoms with van der Waals surface area (Å²) in [6.07, 6.45) is -0.340. The van der Waals surface area contributed by atoms with E-state index in [0.717, 1.165) is 10.2 Å². The molecule has 0 radical (unpaired) electrons. The Bertz CT molecular complexity index is 981. The number of amides is 1. The molecule has 9 heteroatoms. The van der Waals surface area contributed by atoms with E-state index < -0.39 is 0 Å². The highest BCUT2D eigenvalue weighted by Gasteiger charge is 2.20. The third-order valence-electron chi connectivity index (χ3n) is 4.03. The van der Waals surface area contributed by atoms with E-state index in [1.807, 2.05) is 60.9 Å². The van der Waals surface area contributed by atoms with Crippen molar-refractivity contribution in [1.29, 1.82) is 0 Å². The minimum atomic E-state index is -0.340. The third-order valence-corrected chi connectivity index (χ3v) is 5.83. The molecule has 0 saturated carbocycles. The fourth-order valence-electron chi connectivity index (χ4n) is 2.65. The zero-order chi connectivity index (χ0) is 20.8. The molecule has 0 aliphatic rings. The van der Waals surface area contributed by atoms with Gasteiger partial charge in [0.15, 0.2) is 17.1 Å². The zero-order valence-electron chi connectivity index (χ0n) is 15.9. The molecular weight excluding hydrogens is 476 g/mol. The summed E-state index contributed by atoms with van der Waals surface area (Å²) in [4.78, 5) is 12.2. The van der Waals surface area contributed by atoms with Gasteiger partial charge in [-0.2, -0.15) is 0 Å². The molecule has 0 fully saturated rings. The maximum Gasteiger partial charge on any atom is 0.234 e. The average Bonchev–Trinajstić information content (AvgIpc) is 3.13. The second kappa shape index (κ2) is 10.1. The number of nitrogens with one attached hydrogen (secondary N) is 1. The van der Waals surface area contributed by atoms with Crippen molar-refractivity contribution >= 4 is 50.9 Å². The number of carbonyl (C=O) groups is 1. The highest BCUT2D eigenvalue weighted by molar-refractivity contribution is 9.10. The van der Waals surface area contributed by atoms with Crippen molar-refractivity contribution in [3.8, 4) is 5.75 Å². The maximum atomic E-state index is 12.2. The molecule has 0 bridgehead atoms. The van der Waals surface area contributed by atoms with Crippen molar-refractivity contribution in [2.24, 2.45) is 0 Å². The van der Waals surface area contributed by atoms with E-state index in [2.05, 4.69) is 31.4 Å². The molecule has 0 aliphatic heterocycles. The van der Waals surface area contributed by atoms with Gasteiger partial charge in [0.05, 0.1) is 10.8 Å². The summed E-state index contributed by atoms with van der Waals surface area (Å²) in [6, 6.07) is 14.7. The minimum absolute atomic E-state index is 0.107. The number of anilines is 1. The van der Waals surface area contributed by atoms with Crippen molar-refractivity contribution in [2.45, 2.75) is 31.7 Å². The summed E-state index contributed by atoms with van der Waals surface area (Å²) in [5.74, 6) is 1.40. The summed E-state index contributed by atoms with van der Waals surface area (Å²) in [7, 11) is 0. The molecule has 6 nitrogen and oxygen atoms in total. The number of aromatic nitrogens is 3. The molecule has 1 amide bonds. The Hall–Kier alpha value is -2.03. The Morgan fingerprint density at radius 1 is 1.24 bits per heavy atom. The van der Waals surface area contributed by atoms with Crippen LogP contribution in [0.4, 0.5) is 5.69 Å². The van der Waals surface area contributed by atoms with Gasteiger partial charge >= 0.3 is 0 Å². The molecule has 1 N–H and O–H groups in total. The van der Waals surface area contributed by atoms with E-state index in [1.54, 1.807) is 6.07 Å². The summed E-state index contributed by atoms with van der Waals surface area (Å²) in [5.41, 5.74) is 0.748. The van der Waals surface area contributed by atoms with Crippen molar-refractivity contribution in [1.82, 2.24) is 14.8 Å². The molecule has 29 heavy (non-hydrogen) atoms. The molecule has 0 aliphatic carbocycles. The number of carbonyl (C=O) groups excluding carboxylic acids is 1. The summed E-state index contributed by atoms with van der Waals surface area (Å²) in [5, 5.41) is 12.6. The first-order valence-electron chi connectivity index (χ1n) is 9.00. The van der Waals surface area contributed by atoms with Gasteiger partial charge < -0.3 is 14.6 Å². The molecular formula is C20H20BrClN4O2S. The second-order valence-corrected chi connectivity index (χ2v) is 8.38. The van der Waals surface area contributed by atoms with Crippen molar-refractivity contribution in [2.75, 3.05) is 11.1 Å². The van der Waals surface area contributed by atoms with Crippen LogP contribution in [0.1, 0.15) is 25.8 Å². The van der Waals surface area contributed by atoms with Gasteiger partial charge in [-0.15, -0.1) is 10.2 Å². The fourth-order valence-corrected chi connectivity index (χ4v) is 3.90. The number of halogens is 2. The van der Waals surface area contributed by atoms with Gasteiger partial charge in [0.2, 0.25) is 5.91 Å². The van der Waals surface area contributed by atoms with Gasteiger partial charge in [-0.05, 0) is 50.2 Å². The predicted molar refractivity (Wildman–Crippen MR) is 120 cm³/mol. The Kier molecular flexibility index (Phi) is 7.57. The van der Waals surface area contributed by atoms with E-state index >= 15 is 0 Å². The fraction of sp³-hybridized carbons (Fsp3) is 0.250. The van der Waals surface area contributed by atoms with Crippen molar-refractivity contribution in [3.05, 3.63) is 63.9 Å². The zero-order valence-corrected chi connectivity index (χ0v) is 19.1. The Morgan fingerprint density at radius 3 is 2.66 bits per heavy atom. The van der Waals surface area contributed by atoms with Crippen LogP contribution in [-0.4, -0.2) is 26.4 Å². The minimum Gasteiger partial charge on any atom is -0.481 e. The molecule has 3 aromatic rings. The quantitative estimate of drug-likeness (QED) is 0.413. The van der Waals surface area contributed by atoms with Crippen LogP contribution in [0.2, 0.25) is 5.02 Å². The Balaban J connectivity index is 1.63. The topological polar surface area (TPSA) is 69.0 Å². The number of para-hydroxylation sites is 1. The van der Waals surface area contributed by atoms with Gasteiger partial charge in [-0.3, -0.25) is 4.79 Å². The smallest absolute Gasteiger partial charge is 0.234 e. The molecule has 1 atom stereocenters. The van der Waals surface area contributed by atoms with E-state index in [-0.39, 0.29) is 17.8 Å². The number of rotatable bonds is 8. The number of ether oxygens (including phenoxy) is 1. The standard InChI is InChI=1S/C20H20BrClN4O2S/c1-3-26-19(13(2)28-17-7-5-4-6-16(17)22)24-25-20(26)29-12-18(27)23-15-10-8-14(21)9-11-15/h4-11,13H,3,12H2,1-2H3,(H,23,27)/t13-/m1/s1. The predicted octanol–water partition coefficient (Wildman–Crippen LogP) is 5.58. The number of benzene rings is 2. The van der Waals surface area contributed by atoms with E-state index in [0.29, 0.717) is 28.3 Å². The highest BCUT2D eigenvalue weighted by Crippen LogP contribution is 2.29. The molecule has 0 unspecified atom stereocenters. The highest BCUT2D eigenvalue weighted by atomic mass is 79.9. The van der Waals surface area contributed by atoms with Crippen LogP contribution in [0, 0.1) is 0 Å². The van der Waals surface area contributed by atoms with Crippen LogP contribution < -0.4 is 10.1 Å². The molecule has 3 rings (SSSR count). The van der Waals surface area contributed by atoms with Crippen LogP contribution in [0.25, 0.3) is 0 Å². The Labute approximate surface area is 187 Å². The lowest BCUT2D eigenvalue weighted by molar-refractivity contribution is -0.113. The first kappa shape index (κ1) is 21.7. The van der Waals surface area contributed by atoms with Crippen LogP contribution in [0.3, 0.4) is 0 Å². The number of hydrogen-bond donors (Lipinski definition) is 1. The normalized spacial score (nSPS) is 11.9. The monoisotopic (exact) mass is 494 g/mol. The molecule has 2 aromatic carbocycles. The van der Waals surface area contributed by atoms with Crippen molar-refractivity contribution < 1.29 is 9.53 Å². The van der Waals surface area contributed by atoms with E-state index in [1.165, 1.54) is 11.8 Å². The second-order valence-electron chi connectivity index (χ2n) is 6.12. The summed E-state index contributed by atoms with van der Waals surface area (Å²) < 4.78 is 8.86. The lowest BCUT2D eigenvalue weighted by atomic mass is 10.3. The SMILES string of the molecule is CCn1c(SCC(=O)Nc2ccc(Br)cc2)nnc1[C@@H](C)Oc1ccccc1Cl. The lowest BCUT2D eigenvalue weighted by Crippen LogP contribution is -2.15. The third kappa shape index (κ3) is 5.74. The molecule has 0 spiro atoms. The first-order valence-corrected chi connectivity index (χ1v) is 11.2. The van der Waals surface area contributed by atoms with Gasteiger partial charge in [-0.1, -0.05) is 51.4 Å². The van der Waals surface area contributed by atoms with Crippen LogP contribution in [-0.2, 0) is 11.3 Å². The largest absolute Gasteiger partial charge is 0.481 e. The summed E-state index contributed by atoms with van der Waals surface area (Å²) in [6.45, 7) is 4.56. The molecule has 0 saturated heterocycles. The Morgan fingerprint density at radius 2 is 1.97 bits per heavy atom. The molecule has 1 aromatic heterocycles. The number of hydrogen-bond acceptors (Lipinski definition) is 5. The van der Waals surface area contributed by atoms with Crippen LogP contribution in [0.5, 0.6) is 5.75 Å².